The zero-order valence-electron chi connectivity index (χ0n) is 17.9. The van der Waals surface area contributed by atoms with Crippen LogP contribution in [0.4, 0.5) is 0 Å². The largest absolute Gasteiger partial charge is 0.392 e. The van der Waals surface area contributed by atoms with Crippen molar-refractivity contribution < 1.29 is 14.4 Å². The van der Waals surface area contributed by atoms with Gasteiger partial charge in [-0.2, -0.15) is 12.6 Å². The zero-order valence-corrected chi connectivity index (χ0v) is 19.5. The summed E-state index contributed by atoms with van der Waals surface area (Å²) in [6.07, 6.45) is 4.92. The van der Waals surface area contributed by atoms with Crippen molar-refractivity contribution in [3.63, 3.8) is 0 Å². The van der Waals surface area contributed by atoms with Gasteiger partial charge < -0.3 is 14.6 Å². The quantitative estimate of drug-likeness (QED) is 0.0791. The van der Waals surface area contributed by atoms with Crippen LogP contribution in [0, 0.1) is 0 Å². The lowest BCUT2D eigenvalue weighted by Crippen LogP contribution is -2.49. The van der Waals surface area contributed by atoms with E-state index in [0.717, 1.165) is 10.5 Å². The number of likely N-dealkylation sites (N-methyl/N-ethyl adjacent to an activating group) is 1. The predicted molar refractivity (Wildman–Crippen MR) is 135 cm³/mol. The van der Waals surface area contributed by atoms with Gasteiger partial charge in [-0.15, -0.1) is 0 Å². The summed E-state index contributed by atoms with van der Waals surface area (Å²) in [7, 11) is 18.0. The monoisotopic (exact) mass is 466 g/mol. The van der Waals surface area contributed by atoms with Crippen LogP contribution in [-0.2, 0) is 14.4 Å². The standard InChI is InChI=1S/C20H22B3ClN4O3S/c1-14(28(13-29)20(21,22)23)12-19(30)27(3)10-11-31-26-18(25-2)9-8-17(32)15-4-6-16(24)7-5-15/h4-9,12-13,17,32H,2,10-11H2,1,3H3/b9-8+,14-12-,26-18-. The maximum atomic E-state index is 12.3. The Morgan fingerprint density at radius 1 is 1.34 bits per heavy atom. The van der Waals surface area contributed by atoms with Crippen LogP contribution in [0.2, 0.25) is 5.02 Å². The number of benzene rings is 1. The van der Waals surface area contributed by atoms with E-state index in [1.807, 2.05) is 12.1 Å². The van der Waals surface area contributed by atoms with E-state index in [1.165, 1.54) is 17.9 Å². The molecule has 7 nitrogen and oxygen atoms in total. The van der Waals surface area contributed by atoms with Crippen molar-refractivity contribution in [1.29, 1.82) is 0 Å². The number of carbonyl (C=O) groups is 2. The van der Waals surface area contributed by atoms with E-state index in [-0.39, 0.29) is 29.9 Å². The Balaban J connectivity index is 2.60. The minimum Gasteiger partial charge on any atom is -0.392 e. The van der Waals surface area contributed by atoms with Crippen molar-refractivity contribution in [2.45, 2.75) is 17.4 Å². The Morgan fingerprint density at radius 3 is 2.50 bits per heavy atom. The Bertz CT molecular complexity index is 889. The van der Waals surface area contributed by atoms with Gasteiger partial charge in [-0.1, -0.05) is 40.2 Å². The fourth-order valence-electron chi connectivity index (χ4n) is 2.30. The summed E-state index contributed by atoms with van der Waals surface area (Å²) < 4.78 is 0. The molecule has 0 aromatic heterocycles. The van der Waals surface area contributed by atoms with Gasteiger partial charge in [0, 0.05) is 29.1 Å². The Kier molecular flexibility index (Phi) is 11.4. The van der Waals surface area contributed by atoms with Gasteiger partial charge in [-0.05, 0) is 37.4 Å². The van der Waals surface area contributed by atoms with E-state index < -0.39 is 11.1 Å². The third-order valence-corrected chi connectivity index (χ3v) is 4.81. The first-order chi connectivity index (χ1) is 15.0. The summed E-state index contributed by atoms with van der Waals surface area (Å²) in [5.74, 6) is -0.163. The highest BCUT2D eigenvalue weighted by Gasteiger charge is 2.20. The number of halogens is 1. The lowest BCUT2D eigenvalue weighted by atomic mass is 9.48. The van der Waals surface area contributed by atoms with Crippen LogP contribution in [0.1, 0.15) is 17.7 Å². The number of nitrogens with zero attached hydrogens (tertiary/aromatic N) is 4. The van der Waals surface area contributed by atoms with Gasteiger partial charge in [0.05, 0.1) is 30.1 Å². The average molecular weight is 466 g/mol. The highest BCUT2D eigenvalue weighted by molar-refractivity contribution is 7.80. The summed E-state index contributed by atoms with van der Waals surface area (Å²) in [6.45, 7) is 5.23. The number of hydrogen-bond acceptors (Lipinski definition) is 5. The van der Waals surface area contributed by atoms with Crippen molar-refractivity contribution in [3.05, 3.63) is 58.8 Å². The van der Waals surface area contributed by atoms with E-state index in [1.54, 1.807) is 31.3 Å². The lowest BCUT2D eigenvalue weighted by Gasteiger charge is -2.34. The molecule has 0 aliphatic carbocycles. The van der Waals surface area contributed by atoms with Crippen LogP contribution in [0.3, 0.4) is 0 Å². The summed E-state index contributed by atoms with van der Waals surface area (Å²) in [4.78, 5) is 34.5. The Hall–Kier alpha value is -2.39. The van der Waals surface area contributed by atoms with Gasteiger partial charge in [0.15, 0.2) is 5.84 Å². The summed E-state index contributed by atoms with van der Waals surface area (Å²) >= 11 is 10.4. The molecule has 0 saturated heterocycles. The van der Waals surface area contributed by atoms with Crippen LogP contribution in [-0.4, -0.2) is 83.6 Å². The first kappa shape index (κ1) is 27.6. The second-order valence-corrected chi connectivity index (χ2v) is 7.70. The van der Waals surface area contributed by atoms with Crippen LogP contribution in [0.15, 0.2) is 58.3 Å². The third kappa shape index (κ3) is 9.40. The number of aliphatic imine (C=N–C) groups is 1. The van der Waals surface area contributed by atoms with E-state index >= 15 is 0 Å². The third-order valence-electron chi connectivity index (χ3n) is 4.09. The minimum atomic E-state index is -1.92. The molecular formula is C20H22B3ClN4O3S. The molecule has 32 heavy (non-hydrogen) atoms. The molecule has 0 spiro atoms. The maximum Gasteiger partial charge on any atom is 0.248 e. The van der Waals surface area contributed by atoms with Crippen LogP contribution < -0.4 is 0 Å². The summed E-state index contributed by atoms with van der Waals surface area (Å²) in [5, 5.41) is 2.41. The fourth-order valence-corrected chi connectivity index (χ4v) is 2.68. The first-order valence-corrected chi connectivity index (χ1v) is 10.2. The van der Waals surface area contributed by atoms with Crippen LogP contribution in [0.25, 0.3) is 0 Å². The second-order valence-electron chi connectivity index (χ2n) is 6.70. The van der Waals surface area contributed by atoms with Crippen molar-refractivity contribution in [3.8, 4) is 0 Å². The smallest absolute Gasteiger partial charge is 0.248 e. The van der Waals surface area contributed by atoms with E-state index in [2.05, 4.69) is 29.5 Å². The summed E-state index contributed by atoms with van der Waals surface area (Å²) in [5.41, 5.74) is 1.14. The molecule has 0 N–H and O–H groups in total. The molecule has 1 aromatic carbocycles. The normalized spacial score (nSPS) is 13.5. The molecule has 1 rings (SSSR count). The second kappa shape index (κ2) is 13.2. The first-order valence-electron chi connectivity index (χ1n) is 9.32. The van der Waals surface area contributed by atoms with Crippen LogP contribution >= 0.6 is 24.2 Å². The molecule has 1 atom stereocenters. The maximum absolute atomic E-state index is 12.3. The molecule has 162 valence electrons. The molecule has 6 radical (unpaired) electrons. The Morgan fingerprint density at radius 2 is 1.97 bits per heavy atom. The molecular weight excluding hydrogens is 444 g/mol. The number of rotatable bonds is 11. The number of allylic oxidation sites excluding steroid dienone is 1. The zero-order chi connectivity index (χ0) is 24.3. The highest BCUT2D eigenvalue weighted by Crippen LogP contribution is 2.23. The van der Waals surface area contributed by atoms with Gasteiger partial charge in [0.25, 0.3) is 0 Å². The highest BCUT2D eigenvalue weighted by atomic mass is 35.5. The van der Waals surface area contributed by atoms with E-state index in [9.17, 15) is 9.59 Å². The van der Waals surface area contributed by atoms with Crippen molar-refractivity contribution >= 4 is 72.6 Å². The predicted octanol–water partition coefficient (Wildman–Crippen LogP) is 1.84. The number of hydrogen-bond donors (Lipinski definition) is 1. The molecule has 1 aromatic rings. The molecule has 0 aliphatic rings. The van der Waals surface area contributed by atoms with Gasteiger partial charge >= 0.3 is 0 Å². The number of carbonyl (C=O) groups excluding carboxylic acids is 2. The van der Waals surface area contributed by atoms with Gasteiger partial charge in [0.2, 0.25) is 12.3 Å². The molecule has 0 saturated carbocycles. The van der Waals surface area contributed by atoms with Crippen molar-refractivity contribution in [2.24, 2.45) is 10.1 Å². The van der Waals surface area contributed by atoms with E-state index in [4.69, 9.17) is 40.0 Å². The van der Waals surface area contributed by atoms with Gasteiger partial charge in [0.1, 0.15) is 6.61 Å². The van der Waals surface area contributed by atoms with Crippen molar-refractivity contribution in [2.75, 3.05) is 20.2 Å². The number of amidine groups is 1. The molecule has 0 aliphatic heterocycles. The number of thiol groups is 1. The number of oxime groups is 1. The average Bonchev–Trinajstić information content (AvgIpc) is 2.72. The molecule has 0 heterocycles. The molecule has 0 bridgehead atoms. The molecule has 2 amide bonds. The fraction of sp³-hybridized carbons (Fsp3) is 0.300. The van der Waals surface area contributed by atoms with Gasteiger partial charge in [-0.3, -0.25) is 9.59 Å². The number of amides is 2. The summed E-state index contributed by atoms with van der Waals surface area (Å²) in [6, 6.07) is 7.29. The molecule has 0 fully saturated rings. The Labute approximate surface area is 203 Å². The van der Waals surface area contributed by atoms with Gasteiger partial charge in [-0.25, -0.2) is 4.99 Å². The SMILES string of the molecule is [B]C([B])([B])N(C=O)/C(C)=C\C(=O)N(C)CCO/N=C(/C=C/C(S)c1ccc(Cl)cc1)N=C. The minimum absolute atomic E-state index is 0.0927. The topological polar surface area (TPSA) is 74.6 Å². The van der Waals surface area contributed by atoms with Crippen molar-refractivity contribution in [1.82, 2.24) is 9.80 Å². The lowest BCUT2D eigenvalue weighted by molar-refractivity contribution is -0.125. The molecule has 1 unspecified atom stereocenters. The van der Waals surface area contributed by atoms with E-state index in [0.29, 0.717) is 11.4 Å². The molecule has 12 heteroatoms. The van der Waals surface area contributed by atoms with Crippen LogP contribution in [0.5, 0.6) is 0 Å².